The number of aliphatic hydroxyl groups excluding tert-OH is 1. The monoisotopic (exact) mass is 312 g/mol. The van der Waals surface area contributed by atoms with Crippen molar-refractivity contribution >= 4 is 8.32 Å². The molecule has 3 atom stereocenters. The highest BCUT2D eigenvalue weighted by Crippen LogP contribution is 2.39. The molecule has 0 aromatic heterocycles. The fourth-order valence-electron chi connectivity index (χ4n) is 3.15. The van der Waals surface area contributed by atoms with Crippen LogP contribution in [0.1, 0.15) is 59.8 Å². The summed E-state index contributed by atoms with van der Waals surface area (Å²) in [6, 6.07) is 0. The van der Waals surface area contributed by atoms with Crippen molar-refractivity contribution < 1.29 is 9.53 Å². The average Bonchev–Trinajstić information content (AvgIpc) is 2.38. The molecule has 1 aliphatic rings. The molecular formula is C18H36O2Si. The van der Waals surface area contributed by atoms with Gasteiger partial charge in [-0.15, -0.1) is 6.58 Å². The van der Waals surface area contributed by atoms with E-state index in [1.807, 2.05) is 13.0 Å². The van der Waals surface area contributed by atoms with Crippen LogP contribution < -0.4 is 0 Å². The molecule has 0 bridgehead atoms. The highest BCUT2D eigenvalue weighted by molar-refractivity contribution is 6.74. The first-order valence-electron chi connectivity index (χ1n) is 8.58. The summed E-state index contributed by atoms with van der Waals surface area (Å²) >= 11 is 0. The smallest absolute Gasteiger partial charge is 0.192 e. The molecule has 0 radical (unpaired) electrons. The second kappa shape index (κ2) is 7.43. The maximum atomic E-state index is 10.8. The van der Waals surface area contributed by atoms with Gasteiger partial charge in [0, 0.05) is 5.92 Å². The van der Waals surface area contributed by atoms with Crippen LogP contribution in [0.5, 0.6) is 0 Å². The molecule has 2 nitrogen and oxygen atoms in total. The molecule has 0 saturated heterocycles. The topological polar surface area (TPSA) is 29.5 Å². The third-order valence-electron chi connectivity index (χ3n) is 5.63. The fourth-order valence-corrected chi connectivity index (χ4v) is 4.58. The molecule has 0 aromatic carbocycles. The van der Waals surface area contributed by atoms with Crippen LogP contribution >= 0.6 is 0 Å². The van der Waals surface area contributed by atoms with Crippen LogP contribution in [0.25, 0.3) is 0 Å². The molecule has 0 aromatic rings. The zero-order valence-corrected chi connectivity index (χ0v) is 16.0. The molecule has 1 N–H and O–H groups in total. The lowest BCUT2D eigenvalue weighted by molar-refractivity contribution is -0.00837. The molecule has 0 aliphatic heterocycles. The van der Waals surface area contributed by atoms with Crippen molar-refractivity contribution in [2.24, 2.45) is 11.8 Å². The SMILES string of the molecule is C=C[C@@H](C1CCCCC1)[C@@H](O)[C@H](C)O[Si](C)(C)C(C)(C)C. The molecule has 1 fully saturated rings. The normalized spacial score (nSPS) is 22.6. The van der Waals surface area contributed by atoms with Crippen molar-refractivity contribution in [3.05, 3.63) is 12.7 Å². The Bertz CT molecular complexity index is 327. The van der Waals surface area contributed by atoms with Crippen molar-refractivity contribution in [2.45, 2.75) is 90.1 Å². The van der Waals surface area contributed by atoms with E-state index in [0.29, 0.717) is 5.92 Å². The van der Waals surface area contributed by atoms with Gasteiger partial charge in [-0.05, 0) is 43.8 Å². The van der Waals surface area contributed by atoms with Crippen LogP contribution in [-0.2, 0) is 4.43 Å². The predicted molar refractivity (Wildman–Crippen MR) is 94.0 cm³/mol. The van der Waals surface area contributed by atoms with Crippen molar-refractivity contribution in [1.82, 2.24) is 0 Å². The third-order valence-corrected chi connectivity index (χ3v) is 10.2. The minimum absolute atomic E-state index is 0.115. The van der Waals surface area contributed by atoms with E-state index in [2.05, 4.69) is 40.4 Å². The first-order valence-corrected chi connectivity index (χ1v) is 11.5. The maximum Gasteiger partial charge on any atom is 0.192 e. The minimum Gasteiger partial charge on any atom is -0.412 e. The number of aliphatic hydroxyl groups is 1. The summed E-state index contributed by atoms with van der Waals surface area (Å²) in [4.78, 5) is 0. The highest BCUT2D eigenvalue weighted by atomic mass is 28.4. The second-order valence-corrected chi connectivity index (χ2v) is 13.0. The van der Waals surface area contributed by atoms with Crippen LogP contribution in [0.4, 0.5) is 0 Å². The van der Waals surface area contributed by atoms with Gasteiger partial charge in [0.05, 0.1) is 12.2 Å². The van der Waals surface area contributed by atoms with Crippen molar-refractivity contribution in [3.63, 3.8) is 0 Å². The van der Waals surface area contributed by atoms with Gasteiger partial charge in [0.1, 0.15) is 0 Å². The molecule has 3 heteroatoms. The van der Waals surface area contributed by atoms with E-state index in [1.165, 1.54) is 32.1 Å². The summed E-state index contributed by atoms with van der Waals surface area (Å²) < 4.78 is 6.38. The quantitative estimate of drug-likeness (QED) is 0.543. The van der Waals surface area contributed by atoms with Crippen molar-refractivity contribution in [1.29, 1.82) is 0 Å². The second-order valence-electron chi connectivity index (χ2n) is 8.29. The van der Waals surface area contributed by atoms with Gasteiger partial charge in [0.2, 0.25) is 0 Å². The van der Waals surface area contributed by atoms with Crippen LogP contribution in [0.15, 0.2) is 12.7 Å². The predicted octanol–water partition coefficient (Wildman–Crippen LogP) is 5.14. The Morgan fingerprint density at radius 2 is 1.71 bits per heavy atom. The van der Waals surface area contributed by atoms with Crippen LogP contribution in [0, 0.1) is 11.8 Å². The Morgan fingerprint density at radius 3 is 2.14 bits per heavy atom. The largest absolute Gasteiger partial charge is 0.412 e. The molecule has 0 heterocycles. The summed E-state index contributed by atoms with van der Waals surface area (Å²) in [5, 5.41) is 11.0. The summed E-state index contributed by atoms with van der Waals surface area (Å²) in [5.74, 6) is 0.752. The lowest BCUT2D eigenvalue weighted by Crippen LogP contribution is -2.48. The zero-order valence-electron chi connectivity index (χ0n) is 15.0. The van der Waals surface area contributed by atoms with E-state index in [1.54, 1.807) is 0 Å². The highest BCUT2D eigenvalue weighted by Gasteiger charge is 2.41. The molecular weight excluding hydrogens is 276 g/mol. The van der Waals surface area contributed by atoms with Crippen molar-refractivity contribution in [2.75, 3.05) is 0 Å². The van der Waals surface area contributed by atoms with Crippen LogP contribution in [-0.4, -0.2) is 25.6 Å². The van der Waals surface area contributed by atoms with E-state index in [0.717, 1.165) is 0 Å². The van der Waals surface area contributed by atoms with Gasteiger partial charge in [-0.2, -0.15) is 0 Å². The summed E-state index contributed by atoms with van der Waals surface area (Å²) in [6.45, 7) is 17.2. The van der Waals surface area contributed by atoms with Crippen LogP contribution in [0.2, 0.25) is 18.1 Å². The first-order chi connectivity index (χ1) is 9.60. The molecule has 0 unspecified atom stereocenters. The van der Waals surface area contributed by atoms with E-state index in [-0.39, 0.29) is 17.1 Å². The summed E-state index contributed by atoms with van der Waals surface area (Å²) in [6.07, 6.45) is 7.79. The fraction of sp³-hybridized carbons (Fsp3) is 0.889. The number of hydrogen-bond acceptors (Lipinski definition) is 2. The lowest BCUT2D eigenvalue weighted by Gasteiger charge is -2.41. The summed E-state index contributed by atoms with van der Waals surface area (Å²) in [5.41, 5.74) is 0. The van der Waals surface area contributed by atoms with E-state index in [4.69, 9.17) is 4.43 Å². The van der Waals surface area contributed by atoms with Crippen molar-refractivity contribution in [3.8, 4) is 0 Å². The molecule has 1 aliphatic carbocycles. The maximum absolute atomic E-state index is 10.8. The third kappa shape index (κ3) is 4.94. The molecule has 1 rings (SSSR count). The van der Waals surface area contributed by atoms with Gasteiger partial charge >= 0.3 is 0 Å². The van der Waals surface area contributed by atoms with E-state index < -0.39 is 14.4 Å². The lowest BCUT2D eigenvalue weighted by atomic mass is 9.76. The van der Waals surface area contributed by atoms with Gasteiger partial charge in [0.25, 0.3) is 0 Å². The number of rotatable bonds is 6. The average molecular weight is 313 g/mol. The Morgan fingerprint density at radius 1 is 1.19 bits per heavy atom. The zero-order chi connectivity index (χ0) is 16.3. The molecule has 0 spiro atoms. The number of hydrogen-bond donors (Lipinski definition) is 1. The Balaban J connectivity index is 2.70. The Labute approximate surface area is 133 Å². The van der Waals surface area contributed by atoms with Gasteiger partial charge < -0.3 is 9.53 Å². The minimum atomic E-state index is -1.83. The molecule has 0 amide bonds. The van der Waals surface area contributed by atoms with Gasteiger partial charge in [-0.25, -0.2) is 0 Å². The van der Waals surface area contributed by atoms with E-state index in [9.17, 15) is 5.11 Å². The summed E-state index contributed by atoms with van der Waals surface area (Å²) in [7, 11) is -1.83. The Kier molecular flexibility index (Phi) is 6.70. The van der Waals surface area contributed by atoms with Gasteiger partial charge in [0.15, 0.2) is 8.32 Å². The molecule has 1 saturated carbocycles. The standard InChI is InChI=1S/C18H36O2Si/c1-8-16(15-12-10-9-11-13-15)17(19)14(2)20-21(6,7)18(3,4)5/h8,14-17,19H,1,9-13H2,2-7H3/t14-,16-,17-/m0/s1. The molecule has 124 valence electrons. The first kappa shape index (κ1) is 18.9. The molecule has 21 heavy (non-hydrogen) atoms. The van der Waals surface area contributed by atoms with Gasteiger partial charge in [-0.1, -0.05) is 46.1 Å². The van der Waals surface area contributed by atoms with Crippen LogP contribution in [0.3, 0.4) is 0 Å². The Hall–Kier alpha value is -0.123. The van der Waals surface area contributed by atoms with E-state index >= 15 is 0 Å². The van der Waals surface area contributed by atoms with Gasteiger partial charge in [-0.3, -0.25) is 0 Å².